The highest BCUT2D eigenvalue weighted by Crippen LogP contribution is 2.51. The molecule has 0 radical (unpaired) electrons. The Morgan fingerprint density at radius 2 is 0.450 bits per heavy atom. The van der Waals surface area contributed by atoms with Crippen molar-refractivity contribution in [3.05, 3.63) is 449 Å². The Labute approximate surface area is 802 Å². The Morgan fingerprint density at radius 1 is 0.164 bits per heavy atom. The van der Waals surface area contributed by atoms with Crippen LogP contribution >= 0.6 is 11.3 Å². The van der Waals surface area contributed by atoms with Gasteiger partial charge in [0.1, 0.15) is 16.7 Å². The predicted molar refractivity (Wildman–Crippen MR) is 575 cm³/mol. The minimum Gasteiger partial charge on any atom is -0.453 e. The van der Waals surface area contributed by atoms with Crippen molar-refractivity contribution >= 4 is 185 Å². The average molecular weight is 1810 g/mol. The lowest BCUT2D eigenvalue weighted by Gasteiger charge is -2.10. The van der Waals surface area contributed by atoms with Gasteiger partial charge in [0, 0.05) is 141 Å². The minimum atomic E-state index is 0.547. The number of aromatic nitrogens is 10. The van der Waals surface area contributed by atoms with Crippen LogP contribution in [0.2, 0.25) is 0 Å². The van der Waals surface area contributed by atoms with Crippen molar-refractivity contribution in [3.8, 4) is 113 Å². The Hall–Kier alpha value is -18.8. The smallest absolute Gasteiger partial charge is 0.167 e. The first-order valence-corrected chi connectivity index (χ1v) is 47.9. The molecular formula is C126H74N10O3S. The van der Waals surface area contributed by atoms with Crippen LogP contribution in [0.3, 0.4) is 0 Å². The van der Waals surface area contributed by atoms with Crippen LogP contribution in [0.4, 0.5) is 0 Å². The second-order valence-corrected chi connectivity index (χ2v) is 36.8. The predicted octanol–water partition coefficient (Wildman–Crippen LogP) is 33.5. The Bertz CT molecular complexity index is 9640. The van der Waals surface area contributed by atoms with Gasteiger partial charge in [-0.25, -0.2) is 29.9 Å². The molecule has 0 saturated heterocycles. The van der Waals surface area contributed by atoms with Crippen LogP contribution in [0, 0.1) is 0 Å². The van der Waals surface area contributed by atoms with Gasteiger partial charge in [-0.05, 0) is 120 Å². The molecule has 0 aliphatic rings. The van der Waals surface area contributed by atoms with E-state index in [1.54, 1.807) is 11.3 Å². The van der Waals surface area contributed by atoms with E-state index in [4.69, 9.17) is 43.2 Å². The number of nitrogens with zero attached hydrogens (tertiary/aromatic N) is 10. The highest BCUT2D eigenvalue weighted by atomic mass is 32.1. The molecule has 20 aromatic carbocycles. The lowest BCUT2D eigenvalue weighted by molar-refractivity contribution is 0.667. The average Bonchev–Trinajstić information content (AvgIpc) is 1.54. The number of rotatable bonds is 12. The number of thiophene rings is 1. The Kier molecular flexibility index (Phi) is 17.7. The molecule has 0 fully saturated rings. The van der Waals surface area contributed by atoms with Gasteiger partial charge in [-0.1, -0.05) is 340 Å². The zero-order chi connectivity index (χ0) is 91.7. The van der Waals surface area contributed by atoms with Gasteiger partial charge < -0.3 is 31.5 Å². The van der Waals surface area contributed by atoms with Crippen molar-refractivity contribution in [2.75, 3.05) is 0 Å². The first kappa shape index (κ1) is 78.7. The van der Waals surface area contributed by atoms with E-state index in [9.17, 15) is 0 Å². The quantitative estimate of drug-likeness (QED) is 0.117. The number of para-hydroxylation sites is 10. The highest BCUT2D eigenvalue weighted by Gasteiger charge is 2.29. The van der Waals surface area contributed by atoms with Gasteiger partial charge in [0.15, 0.2) is 51.7 Å². The van der Waals surface area contributed by atoms with Crippen LogP contribution in [-0.2, 0) is 0 Å². The molecule has 140 heavy (non-hydrogen) atoms. The minimum absolute atomic E-state index is 0.547. The molecule has 0 spiro atoms. The van der Waals surface area contributed by atoms with E-state index in [2.05, 4.69) is 364 Å². The molecule has 14 heteroatoms. The molecule has 0 amide bonds. The SMILES string of the molecule is c1ccc(-c2nc(-c3ccccc3)nc(-c3cccc4c3oc3c(-n5c6ccccc6c6cc(-c7cccc8c7oc7c8ccc8c9ccccc9n(-c9ccccc9)c87)ccc65)cccc34)n2)cc1.c1ccc(-c2nc(-c3ccccc3)nc(-c3cccc4c3sc3c(-n5c6ccccc6c6cc(-c7cccc8c7oc7c8ccc8c9ccccc9n(-c9ccccc9)c87)ccc65)cccc34)n2)cc1. The Balaban J connectivity index is 0.000000134. The first-order valence-electron chi connectivity index (χ1n) is 47.0. The zero-order valence-electron chi connectivity index (χ0n) is 74.8. The molecule has 30 rings (SSSR count). The summed E-state index contributed by atoms with van der Waals surface area (Å²) in [7, 11) is 0. The molecule has 0 bridgehead atoms. The van der Waals surface area contributed by atoms with Gasteiger partial charge in [-0.2, -0.15) is 0 Å². The number of hydrogen-bond acceptors (Lipinski definition) is 10. The van der Waals surface area contributed by atoms with Crippen LogP contribution in [0.5, 0.6) is 0 Å². The van der Waals surface area contributed by atoms with Crippen molar-refractivity contribution in [3.63, 3.8) is 0 Å². The largest absolute Gasteiger partial charge is 0.453 e. The highest BCUT2D eigenvalue weighted by molar-refractivity contribution is 7.26. The standard InChI is InChI=1S/C63H37N5O2.C63H37N5OS/c1-4-17-38(18-5-1)61-64-62(39-19-6-2-7-20-39)66-63(65-61)50-29-15-27-46-48-28-16-32-55(59(48)69-58(46)50)68-53-31-13-11-24-44(53)51-37-40(33-36-54(51)68)42-25-14-26-47-49-35-34-45-43-23-10-12-30-52(43)67(41-21-8-3-9-22-41)56(45)60(49)70-57(42)47;1-4-17-38(18-5-1)61-64-62(39-19-6-2-7-20-39)66-63(65-61)50-29-15-27-48-49-28-16-32-55(60(49)70-59(48)50)68-53-31-13-11-24-44(53)51-37-40(33-36-54(51)68)42-25-14-26-46-47-35-34-45-43-23-10-12-30-52(43)67(41-21-8-3-9-22-41)56(45)58(47)69-57(42)46/h2*1-37H. The topological polar surface area (TPSA) is 136 Å². The van der Waals surface area contributed by atoms with Gasteiger partial charge in [-0.15, -0.1) is 11.3 Å². The molecule has 0 aliphatic heterocycles. The van der Waals surface area contributed by atoms with Gasteiger partial charge in [0.25, 0.3) is 0 Å². The van der Waals surface area contributed by atoms with Crippen LogP contribution in [0.25, 0.3) is 287 Å². The monoisotopic (exact) mass is 1810 g/mol. The zero-order valence-corrected chi connectivity index (χ0v) is 75.6. The summed E-state index contributed by atoms with van der Waals surface area (Å²) in [6.45, 7) is 0. The summed E-state index contributed by atoms with van der Waals surface area (Å²) in [4.78, 5) is 30.4. The number of fused-ring (bicyclic) bond motifs is 26. The molecule has 10 heterocycles. The summed E-state index contributed by atoms with van der Waals surface area (Å²) in [6.07, 6.45) is 0. The van der Waals surface area contributed by atoms with E-state index in [0.717, 1.165) is 209 Å². The lowest BCUT2D eigenvalue weighted by atomic mass is 10.00. The summed E-state index contributed by atoms with van der Waals surface area (Å²) in [5.41, 5.74) is 28.0. The van der Waals surface area contributed by atoms with Crippen LogP contribution in [-0.4, -0.2) is 48.2 Å². The molecule has 0 saturated carbocycles. The van der Waals surface area contributed by atoms with Crippen LogP contribution < -0.4 is 0 Å². The second kappa shape index (κ2) is 31.4. The van der Waals surface area contributed by atoms with Gasteiger partial charge in [0.2, 0.25) is 0 Å². The van der Waals surface area contributed by atoms with Crippen molar-refractivity contribution in [2.24, 2.45) is 0 Å². The van der Waals surface area contributed by atoms with Crippen LogP contribution in [0.15, 0.2) is 462 Å². The van der Waals surface area contributed by atoms with Gasteiger partial charge >= 0.3 is 0 Å². The van der Waals surface area contributed by atoms with Crippen molar-refractivity contribution < 1.29 is 13.3 Å². The summed E-state index contributed by atoms with van der Waals surface area (Å²) in [6, 6.07) is 158. The molecule has 0 N–H and O–H groups in total. The Morgan fingerprint density at radius 3 is 0.886 bits per heavy atom. The van der Waals surface area contributed by atoms with Gasteiger partial charge in [0.05, 0.1) is 65.8 Å². The lowest BCUT2D eigenvalue weighted by Crippen LogP contribution is -2.00. The fourth-order valence-electron chi connectivity index (χ4n) is 21.7. The van der Waals surface area contributed by atoms with E-state index in [-0.39, 0.29) is 0 Å². The first-order chi connectivity index (χ1) is 69.5. The maximum Gasteiger partial charge on any atom is 0.167 e. The van der Waals surface area contributed by atoms with E-state index >= 15 is 0 Å². The van der Waals surface area contributed by atoms with Crippen molar-refractivity contribution in [1.29, 1.82) is 0 Å². The second-order valence-electron chi connectivity index (χ2n) is 35.7. The molecule has 0 aliphatic carbocycles. The third kappa shape index (κ3) is 12.2. The van der Waals surface area contributed by atoms with E-state index in [0.29, 0.717) is 34.9 Å². The maximum absolute atomic E-state index is 7.16. The number of hydrogen-bond donors (Lipinski definition) is 0. The third-order valence-electron chi connectivity index (χ3n) is 28.0. The fourth-order valence-corrected chi connectivity index (χ4v) is 23.0. The van der Waals surface area contributed by atoms with E-state index < -0.39 is 0 Å². The third-order valence-corrected chi connectivity index (χ3v) is 29.2. The summed E-state index contributed by atoms with van der Waals surface area (Å²) >= 11 is 1.80. The maximum atomic E-state index is 7.16. The number of benzene rings is 20. The molecule has 30 aromatic rings. The van der Waals surface area contributed by atoms with E-state index in [1.807, 2.05) is 103 Å². The molecule has 0 atom stereocenters. The van der Waals surface area contributed by atoms with Crippen molar-refractivity contribution in [2.45, 2.75) is 0 Å². The van der Waals surface area contributed by atoms with E-state index in [1.165, 1.54) is 42.4 Å². The van der Waals surface area contributed by atoms with Crippen molar-refractivity contribution in [1.82, 2.24) is 48.2 Å². The molecular weight excluding hydrogens is 1730 g/mol. The molecule has 0 unspecified atom stereocenters. The molecule has 652 valence electrons. The van der Waals surface area contributed by atoms with Crippen LogP contribution in [0.1, 0.15) is 0 Å². The molecule has 13 nitrogen and oxygen atoms in total. The summed E-state index contributed by atoms with van der Waals surface area (Å²) in [5.74, 6) is 3.69. The number of furan rings is 3. The van der Waals surface area contributed by atoms with Gasteiger partial charge in [-0.3, -0.25) is 0 Å². The summed E-state index contributed by atoms with van der Waals surface area (Å²) < 4.78 is 33.2. The summed E-state index contributed by atoms with van der Waals surface area (Å²) in [5, 5.41) is 18.1. The fraction of sp³-hybridized carbons (Fsp3) is 0. The molecule has 10 aromatic heterocycles. The normalized spacial score (nSPS) is 12.0.